The van der Waals surface area contributed by atoms with Gasteiger partial charge >= 0.3 is 6.09 Å². The van der Waals surface area contributed by atoms with Gasteiger partial charge in [-0.1, -0.05) is 5.16 Å². The lowest BCUT2D eigenvalue weighted by molar-refractivity contribution is 0.0499. The van der Waals surface area contributed by atoms with Gasteiger partial charge in [-0.3, -0.25) is 4.98 Å². The summed E-state index contributed by atoms with van der Waals surface area (Å²) in [7, 11) is 0. The molecule has 0 aliphatic heterocycles. The highest BCUT2D eigenvalue weighted by Crippen LogP contribution is 2.19. The van der Waals surface area contributed by atoms with Gasteiger partial charge in [0.1, 0.15) is 11.6 Å². The number of hydrogen-bond acceptors (Lipinski definition) is 6. The molecule has 118 valence electrons. The lowest BCUT2D eigenvalue weighted by Gasteiger charge is -2.20. The molecule has 0 saturated carbocycles. The molecule has 2 aromatic rings. The SMILES string of the molecule is Cc1cc(-c2noc([C@@H](C)NC(=O)OC(C)(C)C)n2)ccn1. The van der Waals surface area contributed by atoms with Gasteiger partial charge in [0.15, 0.2) is 0 Å². The van der Waals surface area contributed by atoms with Crippen molar-refractivity contribution in [3.8, 4) is 11.4 Å². The van der Waals surface area contributed by atoms with E-state index in [1.54, 1.807) is 40.0 Å². The second kappa shape index (κ2) is 6.13. The van der Waals surface area contributed by atoms with E-state index in [0.717, 1.165) is 11.3 Å². The molecule has 1 N–H and O–H groups in total. The fraction of sp³-hybridized carbons (Fsp3) is 0.467. The Balaban J connectivity index is 2.06. The molecule has 0 aromatic carbocycles. The molecule has 7 heteroatoms. The Hall–Kier alpha value is -2.44. The highest BCUT2D eigenvalue weighted by molar-refractivity contribution is 5.68. The molecule has 2 rings (SSSR count). The first-order valence-corrected chi connectivity index (χ1v) is 7.01. The Morgan fingerprint density at radius 3 is 2.77 bits per heavy atom. The van der Waals surface area contributed by atoms with Gasteiger partial charge < -0.3 is 14.6 Å². The number of rotatable bonds is 3. The van der Waals surface area contributed by atoms with Crippen LogP contribution >= 0.6 is 0 Å². The van der Waals surface area contributed by atoms with Crippen molar-refractivity contribution in [1.82, 2.24) is 20.4 Å². The summed E-state index contributed by atoms with van der Waals surface area (Å²) >= 11 is 0. The Bertz CT molecular complexity index is 661. The second-order valence-electron chi connectivity index (χ2n) is 6.01. The Kier molecular flexibility index (Phi) is 4.44. The van der Waals surface area contributed by atoms with Crippen molar-refractivity contribution in [2.75, 3.05) is 0 Å². The van der Waals surface area contributed by atoms with Gasteiger partial charge in [0.25, 0.3) is 0 Å². The van der Waals surface area contributed by atoms with E-state index >= 15 is 0 Å². The molecule has 2 heterocycles. The third-order valence-corrected chi connectivity index (χ3v) is 2.70. The number of aryl methyl sites for hydroxylation is 1. The summed E-state index contributed by atoms with van der Waals surface area (Å²) in [6.07, 6.45) is 1.16. The van der Waals surface area contributed by atoms with Crippen molar-refractivity contribution in [2.45, 2.75) is 46.3 Å². The van der Waals surface area contributed by atoms with Crippen molar-refractivity contribution in [3.05, 3.63) is 29.9 Å². The normalized spacial score (nSPS) is 12.8. The van der Waals surface area contributed by atoms with Crippen LogP contribution in [0.1, 0.15) is 45.3 Å². The van der Waals surface area contributed by atoms with Crippen LogP contribution in [0, 0.1) is 6.92 Å². The summed E-state index contributed by atoms with van der Waals surface area (Å²) in [6, 6.07) is 3.22. The number of alkyl carbamates (subject to hydrolysis) is 1. The molecule has 0 radical (unpaired) electrons. The average molecular weight is 304 g/mol. The van der Waals surface area contributed by atoms with Crippen LogP contribution in [-0.2, 0) is 4.74 Å². The van der Waals surface area contributed by atoms with Crippen LogP contribution in [0.3, 0.4) is 0 Å². The quantitative estimate of drug-likeness (QED) is 0.937. The van der Waals surface area contributed by atoms with Crippen molar-refractivity contribution in [1.29, 1.82) is 0 Å². The topological polar surface area (TPSA) is 90.1 Å². The van der Waals surface area contributed by atoms with E-state index in [-0.39, 0.29) is 0 Å². The maximum absolute atomic E-state index is 11.7. The number of pyridine rings is 1. The first-order chi connectivity index (χ1) is 10.2. The first kappa shape index (κ1) is 15.9. The maximum atomic E-state index is 11.7. The lowest BCUT2D eigenvalue weighted by Crippen LogP contribution is -2.34. The van der Waals surface area contributed by atoms with E-state index in [2.05, 4.69) is 20.4 Å². The van der Waals surface area contributed by atoms with Gasteiger partial charge in [-0.2, -0.15) is 4.98 Å². The fourth-order valence-corrected chi connectivity index (χ4v) is 1.76. The van der Waals surface area contributed by atoms with Crippen LogP contribution in [0.5, 0.6) is 0 Å². The lowest BCUT2D eigenvalue weighted by atomic mass is 10.2. The smallest absolute Gasteiger partial charge is 0.408 e. The van der Waals surface area contributed by atoms with Crippen molar-refractivity contribution >= 4 is 6.09 Å². The van der Waals surface area contributed by atoms with Gasteiger partial charge in [-0.15, -0.1) is 0 Å². The van der Waals surface area contributed by atoms with E-state index < -0.39 is 17.7 Å². The molecule has 0 unspecified atom stereocenters. The van der Waals surface area contributed by atoms with E-state index in [0.29, 0.717) is 11.7 Å². The molecular weight excluding hydrogens is 284 g/mol. The third-order valence-electron chi connectivity index (χ3n) is 2.70. The number of amides is 1. The number of aromatic nitrogens is 3. The van der Waals surface area contributed by atoms with Crippen LogP contribution in [0.15, 0.2) is 22.9 Å². The molecule has 0 bridgehead atoms. The van der Waals surface area contributed by atoms with Crippen LogP contribution in [-0.4, -0.2) is 26.8 Å². The van der Waals surface area contributed by atoms with E-state index in [1.807, 2.05) is 13.0 Å². The molecule has 1 atom stereocenters. The minimum atomic E-state index is -0.557. The predicted molar refractivity (Wildman–Crippen MR) is 80.1 cm³/mol. The Morgan fingerprint density at radius 1 is 1.41 bits per heavy atom. The molecular formula is C15H20N4O3. The third kappa shape index (κ3) is 4.28. The number of nitrogens with zero attached hydrogens (tertiary/aromatic N) is 3. The summed E-state index contributed by atoms with van der Waals surface area (Å²) in [6.45, 7) is 9.03. The summed E-state index contributed by atoms with van der Waals surface area (Å²) in [5.74, 6) is 0.772. The number of nitrogens with one attached hydrogen (secondary N) is 1. The van der Waals surface area contributed by atoms with Crippen LogP contribution in [0.25, 0.3) is 11.4 Å². The zero-order chi connectivity index (χ0) is 16.3. The summed E-state index contributed by atoms with van der Waals surface area (Å²) < 4.78 is 10.4. The molecule has 22 heavy (non-hydrogen) atoms. The van der Waals surface area contributed by atoms with Crippen LogP contribution in [0.2, 0.25) is 0 Å². The number of carbonyl (C=O) groups is 1. The minimum absolute atomic E-state index is 0.315. The zero-order valence-corrected chi connectivity index (χ0v) is 13.4. The molecule has 2 aromatic heterocycles. The van der Waals surface area contributed by atoms with Gasteiger partial charge in [0.2, 0.25) is 11.7 Å². The van der Waals surface area contributed by atoms with E-state index in [4.69, 9.17) is 9.26 Å². The second-order valence-corrected chi connectivity index (χ2v) is 6.01. The van der Waals surface area contributed by atoms with Crippen molar-refractivity contribution in [3.63, 3.8) is 0 Å². The predicted octanol–water partition coefficient (Wildman–Crippen LogP) is 3.03. The van der Waals surface area contributed by atoms with Gasteiger partial charge in [-0.05, 0) is 46.8 Å². The largest absolute Gasteiger partial charge is 0.444 e. The molecule has 7 nitrogen and oxygen atoms in total. The maximum Gasteiger partial charge on any atom is 0.408 e. The highest BCUT2D eigenvalue weighted by Gasteiger charge is 2.21. The van der Waals surface area contributed by atoms with Gasteiger partial charge in [0.05, 0.1) is 0 Å². The fourth-order valence-electron chi connectivity index (χ4n) is 1.76. The summed E-state index contributed by atoms with van der Waals surface area (Å²) in [5.41, 5.74) is 1.12. The summed E-state index contributed by atoms with van der Waals surface area (Å²) in [4.78, 5) is 20.1. The first-order valence-electron chi connectivity index (χ1n) is 7.01. The molecule has 0 aliphatic carbocycles. The van der Waals surface area contributed by atoms with E-state index in [9.17, 15) is 4.79 Å². The van der Waals surface area contributed by atoms with Gasteiger partial charge in [-0.25, -0.2) is 4.79 Å². The zero-order valence-electron chi connectivity index (χ0n) is 13.4. The Labute approximate surface area is 129 Å². The van der Waals surface area contributed by atoms with Crippen LogP contribution in [0.4, 0.5) is 4.79 Å². The molecule has 0 fully saturated rings. The molecule has 1 amide bonds. The molecule has 0 spiro atoms. The van der Waals surface area contributed by atoms with E-state index in [1.165, 1.54) is 0 Å². The van der Waals surface area contributed by atoms with Crippen molar-refractivity contribution < 1.29 is 14.1 Å². The number of carbonyl (C=O) groups excluding carboxylic acids is 1. The Morgan fingerprint density at radius 2 is 2.14 bits per heavy atom. The number of hydrogen-bond donors (Lipinski definition) is 1. The van der Waals surface area contributed by atoms with Gasteiger partial charge in [0, 0.05) is 17.5 Å². The molecule has 0 saturated heterocycles. The standard InChI is InChI=1S/C15H20N4O3/c1-9-8-11(6-7-16-9)12-18-13(22-19-12)10(2)17-14(20)21-15(3,4)5/h6-8,10H,1-5H3,(H,17,20)/t10-/m1/s1. The van der Waals surface area contributed by atoms with Crippen molar-refractivity contribution in [2.24, 2.45) is 0 Å². The average Bonchev–Trinajstić information content (AvgIpc) is 2.85. The highest BCUT2D eigenvalue weighted by atomic mass is 16.6. The summed E-state index contributed by atoms with van der Waals surface area (Å²) in [5, 5.41) is 6.58. The monoisotopic (exact) mass is 304 g/mol. The minimum Gasteiger partial charge on any atom is -0.444 e. The molecule has 0 aliphatic rings. The van der Waals surface area contributed by atoms with Crippen LogP contribution < -0.4 is 5.32 Å². The number of ether oxygens (including phenoxy) is 1.